The third-order valence-corrected chi connectivity index (χ3v) is 11.7. The van der Waals surface area contributed by atoms with Crippen molar-refractivity contribution in [3.63, 3.8) is 0 Å². The van der Waals surface area contributed by atoms with E-state index in [-0.39, 0.29) is 38.8 Å². The molecule has 2 aliphatic heterocycles. The van der Waals surface area contributed by atoms with Gasteiger partial charge in [0.25, 0.3) is 0 Å². The van der Waals surface area contributed by atoms with Gasteiger partial charge in [-0.1, -0.05) is 20.8 Å². The summed E-state index contributed by atoms with van der Waals surface area (Å²) in [6.07, 6.45) is -12.9. The zero-order chi connectivity index (χ0) is 57.9. The first-order valence-electron chi connectivity index (χ1n) is 26.4. The molecule has 0 bridgehead atoms. The van der Waals surface area contributed by atoms with Crippen molar-refractivity contribution in [3.8, 4) is 0 Å². The molecular weight excluding hydrogens is 997 g/mol. The maximum absolute atomic E-state index is 14.3. The third-order valence-electron chi connectivity index (χ3n) is 11.7. The zero-order valence-corrected chi connectivity index (χ0v) is 48.4. The van der Waals surface area contributed by atoms with Crippen LogP contribution >= 0.6 is 0 Å². The number of aliphatic hydroxyl groups excluding tert-OH is 1. The molecule has 438 valence electrons. The molecule has 6 amide bonds. The van der Waals surface area contributed by atoms with E-state index in [1.165, 1.54) is 6.92 Å². The summed E-state index contributed by atoms with van der Waals surface area (Å²) >= 11 is 0. The molecule has 7 N–H and O–H groups in total. The van der Waals surface area contributed by atoms with Crippen LogP contribution in [0.5, 0.6) is 0 Å². The van der Waals surface area contributed by atoms with Gasteiger partial charge in [0, 0.05) is 31.8 Å². The molecule has 2 saturated heterocycles. The Balaban J connectivity index is 2.17. The minimum atomic E-state index is -1.77. The molecule has 1 saturated carbocycles. The lowest BCUT2D eigenvalue weighted by Gasteiger charge is -2.50. The SMILES string of the molecule is CCC1O[C@@H](O[C@H]2C(O)C(O[C@@H]3OC(CNC(=O)OC(C)(C)C)CCC3NC(=O)OC(C)(C)C)[C@@H](NC(=O)OC(C)(C)C)C[C@H]2NC(=O)[C@@H](C)CCNC(=O)OC(C)(C)C)C(C)[C@@H](NC(=O)OC(C)(C)C)[C@H]1OC(C)=O. The summed E-state index contributed by atoms with van der Waals surface area (Å²) in [4.78, 5) is 92.5. The molecule has 6 unspecified atom stereocenters. The predicted octanol–water partition coefficient (Wildman–Crippen LogP) is 5.97. The van der Waals surface area contributed by atoms with Gasteiger partial charge in [0.1, 0.15) is 52.4 Å². The minimum absolute atomic E-state index is 0.0333. The fourth-order valence-corrected chi connectivity index (χ4v) is 8.56. The van der Waals surface area contributed by atoms with Crippen molar-refractivity contribution >= 4 is 42.3 Å². The molecule has 0 aromatic rings. The Labute approximate surface area is 449 Å². The fourth-order valence-electron chi connectivity index (χ4n) is 8.56. The monoisotopic (exact) mass is 1090 g/mol. The lowest BCUT2D eigenvalue weighted by molar-refractivity contribution is -0.304. The summed E-state index contributed by atoms with van der Waals surface area (Å²) in [5.41, 5.74) is -4.30. The number of rotatable bonds is 16. The Hall–Kier alpha value is -4.91. The van der Waals surface area contributed by atoms with Gasteiger partial charge in [-0.3, -0.25) is 9.59 Å². The van der Waals surface area contributed by atoms with Crippen molar-refractivity contribution in [2.24, 2.45) is 11.8 Å². The zero-order valence-electron chi connectivity index (χ0n) is 48.4. The molecule has 0 aromatic carbocycles. The van der Waals surface area contributed by atoms with Crippen LogP contribution < -0.4 is 31.9 Å². The van der Waals surface area contributed by atoms with Crippen molar-refractivity contribution in [1.82, 2.24) is 31.9 Å². The molecular formula is C52H92N6O18. The first-order valence-corrected chi connectivity index (χ1v) is 26.4. The number of aliphatic hydroxyl groups is 1. The number of amides is 6. The van der Waals surface area contributed by atoms with Gasteiger partial charge >= 0.3 is 36.4 Å². The van der Waals surface area contributed by atoms with Gasteiger partial charge in [-0.15, -0.1) is 0 Å². The fraction of sp³-hybridized carbons (Fsp3) is 0.865. The van der Waals surface area contributed by atoms with E-state index in [9.17, 15) is 38.7 Å². The minimum Gasteiger partial charge on any atom is -0.458 e. The number of hydrogen-bond donors (Lipinski definition) is 7. The Bertz CT molecular complexity index is 1960. The van der Waals surface area contributed by atoms with E-state index in [0.29, 0.717) is 6.42 Å². The predicted molar refractivity (Wildman–Crippen MR) is 276 cm³/mol. The number of hydrogen-bond acceptors (Lipinski definition) is 18. The summed E-state index contributed by atoms with van der Waals surface area (Å²) in [7, 11) is 0. The number of alkyl carbamates (subject to hydrolysis) is 5. The molecule has 3 rings (SSSR count). The van der Waals surface area contributed by atoms with Crippen LogP contribution in [0.4, 0.5) is 24.0 Å². The highest BCUT2D eigenvalue weighted by Crippen LogP contribution is 2.36. The van der Waals surface area contributed by atoms with Crippen LogP contribution in [-0.2, 0) is 57.0 Å². The normalized spacial score (nSPS) is 28.8. The Kier molecular flexibility index (Phi) is 23.3. The maximum Gasteiger partial charge on any atom is 0.408 e. The average Bonchev–Trinajstić information content (AvgIpc) is 3.22. The maximum atomic E-state index is 14.3. The lowest BCUT2D eigenvalue weighted by Crippen LogP contribution is -2.69. The molecule has 3 fully saturated rings. The Morgan fingerprint density at radius 2 is 1.03 bits per heavy atom. The first-order chi connectivity index (χ1) is 34.7. The van der Waals surface area contributed by atoms with Gasteiger partial charge in [0.15, 0.2) is 12.6 Å². The molecule has 76 heavy (non-hydrogen) atoms. The molecule has 2 heterocycles. The summed E-state index contributed by atoms with van der Waals surface area (Å²) in [6, 6.07) is -4.19. The van der Waals surface area contributed by atoms with Crippen molar-refractivity contribution in [2.45, 2.75) is 265 Å². The van der Waals surface area contributed by atoms with Crippen molar-refractivity contribution in [1.29, 1.82) is 0 Å². The standard InChI is InChI=1S/C52H92N6O18/c1-20-34-39(67-29(4)59)35(58-47(66)76-52(17,18)19)28(3)41(69-34)70-37-32(55-40(61)27(2)23-24-53-43(62)72-48(5,6)7)25-33(57-46(65)75-51(14,15)16)38(36(37)60)71-42-31(56-45(64)74-50(11,12)13)22-21-30(68-42)26-54-44(63)73-49(8,9)10/h27-28,30-39,41-42,60H,20-26H2,1-19H3,(H,53,62)(H,54,63)(H,55,61)(H,56,64)(H,57,65)(H,58,66)/t27-,28?,30?,31?,32+,33-,34?,35+,36?,37+,38?,39-,41-,42-/m0/s1. The molecule has 14 atom stereocenters. The average molecular weight is 1090 g/mol. The number of carbonyl (C=O) groups is 7. The second-order valence-corrected chi connectivity index (χ2v) is 24.8. The topological polar surface area (TPSA) is 304 Å². The van der Waals surface area contributed by atoms with Crippen LogP contribution in [0.25, 0.3) is 0 Å². The van der Waals surface area contributed by atoms with Gasteiger partial charge in [0.2, 0.25) is 5.91 Å². The number of esters is 1. The first kappa shape index (κ1) is 65.4. The van der Waals surface area contributed by atoms with Gasteiger partial charge in [-0.05, 0) is 136 Å². The van der Waals surface area contributed by atoms with Crippen molar-refractivity contribution in [3.05, 3.63) is 0 Å². The van der Waals surface area contributed by atoms with Gasteiger partial charge in [0.05, 0.1) is 36.4 Å². The summed E-state index contributed by atoms with van der Waals surface area (Å²) in [5, 5.41) is 29.8. The molecule has 3 aliphatic rings. The van der Waals surface area contributed by atoms with E-state index < -0.39 is 156 Å². The number of nitrogens with one attached hydrogen (secondary N) is 6. The van der Waals surface area contributed by atoms with Crippen LogP contribution in [0, 0.1) is 11.8 Å². The van der Waals surface area contributed by atoms with Gasteiger partial charge in [-0.25, -0.2) is 24.0 Å². The van der Waals surface area contributed by atoms with Crippen molar-refractivity contribution in [2.75, 3.05) is 13.1 Å². The highest BCUT2D eigenvalue weighted by molar-refractivity contribution is 5.79. The van der Waals surface area contributed by atoms with Gasteiger partial charge in [-0.2, -0.15) is 0 Å². The molecule has 1 aliphatic carbocycles. The lowest BCUT2D eigenvalue weighted by atomic mass is 9.82. The molecule has 0 aromatic heterocycles. The number of carbonyl (C=O) groups excluding carboxylic acids is 7. The summed E-state index contributed by atoms with van der Waals surface area (Å²) < 4.78 is 60.0. The van der Waals surface area contributed by atoms with Crippen LogP contribution in [0.15, 0.2) is 0 Å². The molecule has 24 nitrogen and oxygen atoms in total. The van der Waals surface area contributed by atoms with Gasteiger partial charge < -0.3 is 84.4 Å². The van der Waals surface area contributed by atoms with Crippen LogP contribution in [-0.4, -0.2) is 162 Å². The van der Waals surface area contributed by atoms with E-state index in [1.54, 1.807) is 125 Å². The summed E-state index contributed by atoms with van der Waals surface area (Å²) in [5.74, 6) is -2.71. The van der Waals surface area contributed by atoms with Crippen LogP contribution in [0.2, 0.25) is 0 Å². The summed E-state index contributed by atoms with van der Waals surface area (Å²) in [6.45, 7) is 31.9. The van der Waals surface area contributed by atoms with Crippen molar-refractivity contribution < 1.29 is 86.0 Å². The smallest absolute Gasteiger partial charge is 0.408 e. The molecule has 0 radical (unpaired) electrons. The Morgan fingerprint density at radius 1 is 0.579 bits per heavy atom. The second kappa shape index (κ2) is 27.1. The van der Waals surface area contributed by atoms with E-state index >= 15 is 0 Å². The third kappa shape index (κ3) is 23.0. The highest BCUT2D eigenvalue weighted by Gasteiger charge is 2.54. The van der Waals surface area contributed by atoms with Crippen LogP contribution in [0.3, 0.4) is 0 Å². The molecule has 24 heteroatoms. The quantitative estimate of drug-likeness (QED) is 0.0692. The highest BCUT2D eigenvalue weighted by atomic mass is 16.7. The Morgan fingerprint density at radius 3 is 1.51 bits per heavy atom. The van der Waals surface area contributed by atoms with E-state index in [1.807, 2.05) is 0 Å². The van der Waals surface area contributed by atoms with E-state index in [4.69, 9.17) is 47.4 Å². The van der Waals surface area contributed by atoms with E-state index in [0.717, 1.165) is 0 Å². The van der Waals surface area contributed by atoms with E-state index in [2.05, 4.69) is 31.9 Å². The molecule has 0 spiro atoms. The van der Waals surface area contributed by atoms with Crippen LogP contribution in [0.1, 0.15) is 164 Å². The second-order valence-electron chi connectivity index (χ2n) is 24.8. The largest absolute Gasteiger partial charge is 0.458 e. The number of ether oxygens (including phenoxy) is 10.